The van der Waals surface area contributed by atoms with Crippen LogP contribution in [0.1, 0.15) is 30.7 Å². The van der Waals surface area contributed by atoms with Crippen LogP contribution in [0.3, 0.4) is 0 Å². The van der Waals surface area contributed by atoms with Crippen LogP contribution in [-0.2, 0) is 16.1 Å². The fourth-order valence-corrected chi connectivity index (χ4v) is 2.92. The van der Waals surface area contributed by atoms with Gasteiger partial charge in [-0.05, 0) is 30.2 Å². The van der Waals surface area contributed by atoms with E-state index in [-0.39, 0.29) is 31.2 Å². The quantitative estimate of drug-likeness (QED) is 0.615. The molecule has 27 heavy (non-hydrogen) atoms. The molecule has 1 atom stereocenters. The number of fused-ring (bicyclic) bond motifs is 1. The Kier molecular flexibility index (Phi) is 4.74. The molecular weight excluding hydrogens is 348 g/mol. The predicted octanol–water partition coefficient (Wildman–Crippen LogP) is 3.70. The summed E-state index contributed by atoms with van der Waals surface area (Å²) in [6.45, 7) is 2.08. The van der Waals surface area contributed by atoms with Gasteiger partial charge < -0.3 is 18.7 Å². The first-order valence-corrected chi connectivity index (χ1v) is 8.69. The van der Waals surface area contributed by atoms with Crippen LogP contribution in [-0.4, -0.2) is 22.9 Å². The van der Waals surface area contributed by atoms with Gasteiger partial charge in [-0.25, -0.2) is 0 Å². The van der Waals surface area contributed by atoms with E-state index in [1.807, 2.05) is 43.3 Å². The fourth-order valence-electron chi connectivity index (χ4n) is 2.92. The Bertz CT molecular complexity index is 939. The number of ether oxygens (including phenoxy) is 3. The molecule has 1 aromatic heterocycles. The molecule has 4 rings (SSSR count). The highest BCUT2D eigenvalue weighted by Gasteiger charge is 2.21. The number of aromatic nitrogens is 2. The number of esters is 1. The zero-order valence-corrected chi connectivity index (χ0v) is 14.8. The third-order valence-electron chi connectivity index (χ3n) is 4.33. The monoisotopic (exact) mass is 366 g/mol. The van der Waals surface area contributed by atoms with E-state index in [9.17, 15) is 4.79 Å². The molecule has 3 aromatic rings. The summed E-state index contributed by atoms with van der Waals surface area (Å²) in [4.78, 5) is 16.7. The topological polar surface area (TPSA) is 83.7 Å². The van der Waals surface area contributed by atoms with Crippen LogP contribution in [0.5, 0.6) is 11.5 Å². The van der Waals surface area contributed by atoms with Gasteiger partial charge in [0.05, 0.1) is 5.92 Å². The molecule has 0 amide bonds. The summed E-state index contributed by atoms with van der Waals surface area (Å²) in [7, 11) is 0. The molecule has 0 N–H and O–H groups in total. The van der Waals surface area contributed by atoms with E-state index >= 15 is 0 Å². The average Bonchev–Trinajstić information content (AvgIpc) is 3.36. The van der Waals surface area contributed by atoms with Crippen LogP contribution < -0.4 is 9.47 Å². The molecule has 7 nitrogen and oxygen atoms in total. The van der Waals surface area contributed by atoms with Crippen molar-refractivity contribution in [3.63, 3.8) is 0 Å². The van der Waals surface area contributed by atoms with Gasteiger partial charge in [-0.2, -0.15) is 4.98 Å². The lowest BCUT2D eigenvalue weighted by Gasteiger charge is -2.13. The van der Waals surface area contributed by atoms with Gasteiger partial charge in [0.25, 0.3) is 5.89 Å². The molecule has 0 spiro atoms. The number of carbonyl (C=O) groups is 1. The molecule has 0 radical (unpaired) electrons. The number of carbonyl (C=O) groups excluding carboxylic acids is 1. The summed E-state index contributed by atoms with van der Waals surface area (Å²) in [6.07, 6.45) is 0.648. The molecule has 0 unspecified atom stereocenters. The fraction of sp³-hybridized carbons (Fsp3) is 0.250. The van der Waals surface area contributed by atoms with E-state index in [1.165, 1.54) is 0 Å². The second-order valence-corrected chi connectivity index (χ2v) is 6.06. The third-order valence-corrected chi connectivity index (χ3v) is 4.33. The van der Waals surface area contributed by atoms with Crippen LogP contribution in [0.15, 0.2) is 53.1 Å². The Morgan fingerprint density at radius 3 is 2.78 bits per heavy atom. The summed E-state index contributed by atoms with van der Waals surface area (Å²) < 4.78 is 21.2. The molecule has 0 saturated carbocycles. The summed E-state index contributed by atoms with van der Waals surface area (Å²) in [5.74, 6) is 1.32. The molecule has 0 saturated heterocycles. The van der Waals surface area contributed by atoms with Gasteiger partial charge in [-0.15, -0.1) is 0 Å². The maximum atomic E-state index is 12.4. The summed E-state index contributed by atoms with van der Waals surface area (Å²) in [5.41, 5.74) is 1.66. The number of hydrogen-bond donors (Lipinski definition) is 0. The van der Waals surface area contributed by atoms with E-state index < -0.39 is 0 Å². The molecule has 1 aliphatic rings. The zero-order valence-electron chi connectivity index (χ0n) is 14.8. The molecule has 2 heterocycles. The zero-order chi connectivity index (χ0) is 18.6. The van der Waals surface area contributed by atoms with Crippen molar-refractivity contribution in [1.82, 2.24) is 10.1 Å². The van der Waals surface area contributed by atoms with E-state index in [1.54, 1.807) is 12.1 Å². The molecule has 0 aliphatic carbocycles. The Morgan fingerprint density at radius 1 is 1.15 bits per heavy atom. The van der Waals surface area contributed by atoms with Crippen molar-refractivity contribution in [2.75, 3.05) is 6.79 Å². The van der Waals surface area contributed by atoms with Crippen molar-refractivity contribution in [2.45, 2.75) is 25.9 Å². The first kappa shape index (κ1) is 17.1. The highest BCUT2D eigenvalue weighted by molar-refractivity contribution is 5.78. The van der Waals surface area contributed by atoms with Crippen LogP contribution in [0, 0.1) is 0 Å². The van der Waals surface area contributed by atoms with Crippen molar-refractivity contribution in [3.8, 4) is 22.9 Å². The molecule has 2 aromatic carbocycles. The lowest BCUT2D eigenvalue weighted by molar-refractivity contribution is -0.147. The number of benzene rings is 2. The van der Waals surface area contributed by atoms with Crippen molar-refractivity contribution >= 4 is 5.97 Å². The van der Waals surface area contributed by atoms with Crippen molar-refractivity contribution in [1.29, 1.82) is 0 Å². The van der Waals surface area contributed by atoms with Gasteiger partial charge in [0.2, 0.25) is 12.6 Å². The summed E-state index contributed by atoms with van der Waals surface area (Å²) >= 11 is 0. The lowest BCUT2D eigenvalue weighted by Crippen LogP contribution is -2.15. The second-order valence-electron chi connectivity index (χ2n) is 6.06. The molecule has 1 aliphatic heterocycles. The maximum absolute atomic E-state index is 12.4. The number of hydrogen-bond acceptors (Lipinski definition) is 7. The van der Waals surface area contributed by atoms with E-state index in [0.29, 0.717) is 23.7 Å². The standard InChI is InChI=1S/C20H18N2O5/c1-2-15(13-6-4-3-5-7-13)20(23)24-11-18-21-19(22-27-18)14-8-9-16-17(10-14)26-12-25-16/h3-10,15H,2,11-12H2,1H3/t15-/m1/s1. The first-order chi connectivity index (χ1) is 13.2. The van der Waals surface area contributed by atoms with Crippen LogP contribution >= 0.6 is 0 Å². The Morgan fingerprint density at radius 2 is 1.96 bits per heavy atom. The van der Waals surface area contributed by atoms with E-state index in [2.05, 4.69) is 10.1 Å². The maximum Gasteiger partial charge on any atom is 0.313 e. The summed E-state index contributed by atoms with van der Waals surface area (Å²) in [6, 6.07) is 14.9. The third kappa shape index (κ3) is 3.62. The Balaban J connectivity index is 1.41. The van der Waals surface area contributed by atoms with Crippen molar-refractivity contribution in [2.24, 2.45) is 0 Å². The van der Waals surface area contributed by atoms with Crippen molar-refractivity contribution < 1.29 is 23.5 Å². The SMILES string of the molecule is CC[C@@H](C(=O)OCc1nc(-c2ccc3c(c2)OCO3)no1)c1ccccc1. The Labute approximate surface area is 155 Å². The highest BCUT2D eigenvalue weighted by atomic mass is 16.7. The van der Waals surface area contributed by atoms with Crippen molar-refractivity contribution in [3.05, 3.63) is 60.0 Å². The smallest absolute Gasteiger partial charge is 0.313 e. The minimum atomic E-state index is -0.317. The molecular formula is C20H18N2O5. The Hall–Kier alpha value is -3.35. The highest BCUT2D eigenvalue weighted by Crippen LogP contribution is 2.35. The van der Waals surface area contributed by atoms with Gasteiger partial charge >= 0.3 is 5.97 Å². The normalized spacial score (nSPS) is 13.4. The van der Waals surface area contributed by atoms with Gasteiger partial charge in [-0.3, -0.25) is 4.79 Å². The second kappa shape index (κ2) is 7.49. The largest absolute Gasteiger partial charge is 0.455 e. The predicted molar refractivity (Wildman–Crippen MR) is 95.1 cm³/mol. The van der Waals surface area contributed by atoms with E-state index in [4.69, 9.17) is 18.7 Å². The first-order valence-electron chi connectivity index (χ1n) is 8.69. The minimum Gasteiger partial charge on any atom is -0.455 e. The van der Waals surface area contributed by atoms with Crippen LogP contribution in [0.25, 0.3) is 11.4 Å². The van der Waals surface area contributed by atoms with Crippen LogP contribution in [0.4, 0.5) is 0 Å². The van der Waals surface area contributed by atoms with Gasteiger partial charge in [0.1, 0.15) is 0 Å². The molecule has 7 heteroatoms. The average molecular weight is 366 g/mol. The van der Waals surface area contributed by atoms with Gasteiger partial charge in [0.15, 0.2) is 18.1 Å². The number of rotatable bonds is 6. The molecule has 138 valence electrons. The van der Waals surface area contributed by atoms with E-state index in [0.717, 1.165) is 11.1 Å². The van der Waals surface area contributed by atoms with Gasteiger partial charge in [0, 0.05) is 5.56 Å². The molecule has 0 bridgehead atoms. The lowest BCUT2D eigenvalue weighted by atomic mass is 9.97. The minimum absolute atomic E-state index is 0.0697. The summed E-state index contributed by atoms with van der Waals surface area (Å²) in [5, 5.41) is 3.94. The van der Waals surface area contributed by atoms with Gasteiger partial charge in [-0.1, -0.05) is 42.4 Å². The molecule has 0 fully saturated rings. The van der Waals surface area contributed by atoms with Crippen LogP contribution in [0.2, 0.25) is 0 Å². The number of nitrogens with zero attached hydrogens (tertiary/aromatic N) is 2.